The number of rotatable bonds is 1. The number of carbonyl (C=O) groups excluding carboxylic acids is 1. The van der Waals surface area contributed by atoms with Gasteiger partial charge in [-0.2, -0.15) is 0 Å². The number of aryl methyl sites for hydroxylation is 1. The van der Waals surface area contributed by atoms with Crippen LogP contribution in [0, 0.1) is 6.92 Å². The van der Waals surface area contributed by atoms with Crippen LogP contribution in [-0.4, -0.2) is 52.9 Å². The summed E-state index contributed by atoms with van der Waals surface area (Å²) in [5.74, 6) is 0.00862. The molecule has 1 aromatic heterocycles. The van der Waals surface area contributed by atoms with Gasteiger partial charge in [0, 0.05) is 42.8 Å². The highest BCUT2D eigenvalue weighted by molar-refractivity contribution is 5.95. The second-order valence-corrected chi connectivity index (χ2v) is 8.95. The van der Waals surface area contributed by atoms with Crippen LogP contribution in [-0.2, 0) is 6.54 Å². The fourth-order valence-electron chi connectivity index (χ4n) is 5.16. The van der Waals surface area contributed by atoms with E-state index in [0.29, 0.717) is 24.3 Å². The third-order valence-corrected chi connectivity index (χ3v) is 7.02. The molecule has 160 valence electrons. The highest BCUT2D eigenvalue weighted by atomic mass is 16.2. The molecule has 2 aliphatic heterocycles. The largest absolute Gasteiger partial charge is 0.384 e. The molecular formula is C26H30N4O. The molecule has 5 rings (SSSR count). The lowest BCUT2D eigenvalue weighted by Crippen LogP contribution is -2.43. The first-order valence-corrected chi connectivity index (χ1v) is 11.3. The Morgan fingerprint density at radius 3 is 2.74 bits per heavy atom. The van der Waals surface area contributed by atoms with Crippen molar-refractivity contribution in [2.24, 2.45) is 0 Å². The van der Waals surface area contributed by atoms with E-state index in [-0.39, 0.29) is 5.91 Å². The monoisotopic (exact) mass is 414 g/mol. The molecule has 1 saturated heterocycles. The molecule has 31 heavy (non-hydrogen) atoms. The van der Waals surface area contributed by atoms with Crippen molar-refractivity contribution in [1.82, 2.24) is 14.8 Å². The van der Waals surface area contributed by atoms with Gasteiger partial charge in [-0.25, -0.2) is 4.98 Å². The number of hydrogen-bond donors (Lipinski definition) is 1. The lowest BCUT2D eigenvalue weighted by molar-refractivity contribution is 0.0684. The molecule has 0 spiro atoms. The number of anilines is 1. The Morgan fingerprint density at radius 2 is 1.84 bits per heavy atom. The molecule has 5 heteroatoms. The maximum Gasteiger partial charge on any atom is 0.272 e. The summed E-state index contributed by atoms with van der Waals surface area (Å²) in [5.41, 5.74) is 4.96. The standard InChI is InChI=1S/C26H30N4O/c1-18-6-5-8-20-16-30(17-22-12-11-21(29(22)2)14-15-27-25(18)20)26(31)24-13-10-19-7-3-4-9-23(19)28-24/h3-10,13,21-22,27H,11-12,14-17H2,1-2H3. The number of fused-ring (bicyclic) bond motifs is 4. The Labute approximate surface area is 184 Å². The van der Waals surface area contributed by atoms with Crippen molar-refractivity contribution >= 4 is 22.5 Å². The van der Waals surface area contributed by atoms with Gasteiger partial charge in [0.1, 0.15) is 5.69 Å². The topological polar surface area (TPSA) is 48.5 Å². The van der Waals surface area contributed by atoms with Crippen molar-refractivity contribution in [3.05, 3.63) is 71.4 Å². The van der Waals surface area contributed by atoms with Gasteiger partial charge in [-0.3, -0.25) is 9.69 Å². The van der Waals surface area contributed by atoms with Gasteiger partial charge in [-0.05, 0) is 56.5 Å². The summed E-state index contributed by atoms with van der Waals surface area (Å²) in [4.78, 5) is 22.9. The number of benzene rings is 2. The van der Waals surface area contributed by atoms with E-state index in [4.69, 9.17) is 4.98 Å². The summed E-state index contributed by atoms with van der Waals surface area (Å²) in [6.07, 6.45) is 3.46. The summed E-state index contributed by atoms with van der Waals surface area (Å²) in [6, 6.07) is 19.2. The molecule has 2 bridgehead atoms. The van der Waals surface area contributed by atoms with Crippen molar-refractivity contribution in [1.29, 1.82) is 0 Å². The molecule has 1 N–H and O–H groups in total. The number of pyridine rings is 1. The van der Waals surface area contributed by atoms with Crippen LogP contribution in [0.25, 0.3) is 10.9 Å². The predicted molar refractivity (Wildman–Crippen MR) is 125 cm³/mol. The average Bonchev–Trinajstić information content (AvgIpc) is 3.11. The number of para-hydroxylation sites is 2. The number of nitrogens with zero attached hydrogens (tertiary/aromatic N) is 3. The van der Waals surface area contributed by atoms with Crippen LogP contribution in [0.5, 0.6) is 0 Å². The third kappa shape index (κ3) is 3.90. The minimum Gasteiger partial charge on any atom is -0.384 e. The van der Waals surface area contributed by atoms with E-state index in [0.717, 1.165) is 36.8 Å². The molecule has 0 saturated carbocycles. The maximum atomic E-state index is 13.7. The Balaban J connectivity index is 1.52. The first-order valence-electron chi connectivity index (χ1n) is 11.3. The molecule has 1 fully saturated rings. The van der Waals surface area contributed by atoms with Crippen molar-refractivity contribution in [3.63, 3.8) is 0 Å². The van der Waals surface area contributed by atoms with Crippen LogP contribution in [0.15, 0.2) is 54.6 Å². The summed E-state index contributed by atoms with van der Waals surface area (Å²) in [6.45, 7) is 4.42. The molecule has 2 atom stereocenters. The SMILES string of the molecule is Cc1cccc2c1NCCC1CCC(CN(C(=O)c3ccc4ccccc4n3)C2)N1C. The van der Waals surface area contributed by atoms with Crippen molar-refractivity contribution in [3.8, 4) is 0 Å². The van der Waals surface area contributed by atoms with Crippen LogP contribution in [0.4, 0.5) is 5.69 Å². The van der Waals surface area contributed by atoms with Gasteiger partial charge >= 0.3 is 0 Å². The molecule has 0 radical (unpaired) electrons. The Bertz CT molecular complexity index is 1110. The van der Waals surface area contributed by atoms with Gasteiger partial charge in [0.15, 0.2) is 0 Å². The van der Waals surface area contributed by atoms with Gasteiger partial charge in [0.05, 0.1) is 5.52 Å². The molecule has 1 amide bonds. The van der Waals surface area contributed by atoms with E-state index in [1.165, 1.54) is 23.2 Å². The van der Waals surface area contributed by atoms with Gasteiger partial charge in [-0.1, -0.05) is 42.5 Å². The molecule has 2 unspecified atom stereocenters. The summed E-state index contributed by atoms with van der Waals surface area (Å²) >= 11 is 0. The second-order valence-electron chi connectivity index (χ2n) is 8.95. The number of hydrogen-bond acceptors (Lipinski definition) is 4. The van der Waals surface area contributed by atoms with Crippen LogP contribution >= 0.6 is 0 Å². The molecule has 3 aromatic rings. The molecule has 2 aromatic carbocycles. The molecule has 2 aliphatic rings. The van der Waals surface area contributed by atoms with Crippen molar-refractivity contribution < 1.29 is 4.79 Å². The predicted octanol–water partition coefficient (Wildman–Crippen LogP) is 4.46. The third-order valence-electron chi connectivity index (χ3n) is 7.02. The molecular weight excluding hydrogens is 384 g/mol. The quantitative estimate of drug-likeness (QED) is 0.639. The number of aromatic nitrogens is 1. The Morgan fingerprint density at radius 1 is 1.00 bits per heavy atom. The minimum atomic E-state index is 0.00862. The normalized spacial score (nSPS) is 21.9. The Hall–Kier alpha value is -2.92. The molecule has 3 heterocycles. The highest BCUT2D eigenvalue weighted by Crippen LogP contribution is 2.29. The fraction of sp³-hybridized carbons (Fsp3) is 0.385. The average molecular weight is 415 g/mol. The van der Waals surface area contributed by atoms with Crippen molar-refractivity contribution in [2.75, 3.05) is 25.5 Å². The zero-order chi connectivity index (χ0) is 21.4. The van der Waals surface area contributed by atoms with E-state index in [1.54, 1.807) is 0 Å². The number of amides is 1. The number of nitrogens with one attached hydrogen (secondary N) is 1. The zero-order valence-corrected chi connectivity index (χ0v) is 18.3. The lowest BCUT2D eigenvalue weighted by Gasteiger charge is -2.31. The summed E-state index contributed by atoms with van der Waals surface area (Å²) in [5, 5.41) is 4.73. The summed E-state index contributed by atoms with van der Waals surface area (Å²) < 4.78 is 0. The first kappa shape index (κ1) is 20.0. The van der Waals surface area contributed by atoms with Gasteiger partial charge in [0.2, 0.25) is 0 Å². The van der Waals surface area contributed by atoms with Crippen LogP contribution in [0.1, 0.15) is 40.9 Å². The van der Waals surface area contributed by atoms with E-state index in [9.17, 15) is 4.79 Å². The van der Waals surface area contributed by atoms with Crippen molar-refractivity contribution in [2.45, 2.75) is 44.8 Å². The Kier molecular flexibility index (Phi) is 5.36. The van der Waals surface area contributed by atoms with Crippen LogP contribution in [0.2, 0.25) is 0 Å². The number of likely N-dealkylation sites (N-methyl/N-ethyl adjacent to an activating group) is 1. The summed E-state index contributed by atoms with van der Waals surface area (Å²) in [7, 11) is 2.22. The fourth-order valence-corrected chi connectivity index (χ4v) is 5.16. The van der Waals surface area contributed by atoms with E-state index in [2.05, 4.69) is 42.4 Å². The van der Waals surface area contributed by atoms with Gasteiger partial charge < -0.3 is 10.2 Å². The number of carbonyl (C=O) groups is 1. The molecule has 0 aliphatic carbocycles. The minimum absolute atomic E-state index is 0.00862. The lowest BCUT2D eigenvalue weighted by atomic mass is 10.0. The van der Waals surface area contributed by atoms with E-state index >= 15 is 0 Å². The van der Waals surface area contributed by atoms with Gasteiger partial charge in [0.25, 0.3) is 5.91 Å². The van der Waals surface area contributed by atoms with Crippen LogP contribution in [0.3, 0.4) is 0 Å². The van der Waals surface area contributed by atoms with E-state index in [1.807, 2.05) is 41.3 Å². The maximum absolute atomic E-state index is 13.7. The second kappa shape index (κ2) is 8.31. The van der Waals surface area contributed by atoms with E-state index < -0.39 is 0 Å². The zero-order valence-electron chi connectivity index (χ0n) is 18.3. The smallest absolute Gasteiger partial charge is 0.272 e. The molecule has 5 nitrogen and oxygen atoms in total. The van der Waals surface area contributed by atoms with Gasteiger partial charge in [-0.15, -0.1) is 0 Å². The first-order chi connectivity index (χ1) is 15.1. The van der Waals surface area contributed by atoms with Crippen LogP contribution < -0.4 is 5.32 Å². The highest BCUT2D eigenvalue weighted by Gasteiger charge is 2.33.